The molecule has 2 rings (SSSR count). The van der Waals surface area contributed by atoms with Gasteiger partial charge in [0.15, 0.2) is 0 Å². The quantitative estimate of drug-likeness (QED) is 0.785. The van der Waals surface area contributed by atoms with Crippen molar-refractivity contribution in [2.75, 3.05) is 13.6 Å². The highest BCUT2D eigenvalue weighted by Crippen LogP contribution is 2.27. The third kappa shape index (κ3) is 2.82. The molecule has 3 N–H and O–H groups in total. The standard InChI is InChI=1S/C13H20N2O/c1-15(12-6-7-12)9-13(16)11-4-2-10(8-14)3-5-11/h2-5,12-13,16H,6-9,14H2,1H3. The predicted molar refractivity (Wildman–Crippen MR) is 64.9 cm³/mol. The normalized spacial score (nSPS) is 17.8. The minimum atomic E-state index is -0.391. The first-order valence-electron chi connectivity index (χ1n) is 5.88. The van der Waals surface area contributed by atoms with Gasteiger partial charge in [-0.25, -0.2) is 0 Å². The largest absolute Gasteiger partial charge is 0.387 e. The zero-order valence-corrected chi connectivity index (χ0v) is 9.76. The van der Waals surface area contributed by atoms with Crippen LogP contribution in [0.25, 0.3) is 0 Å². The van der Waals surface area contributed by atoms with E-state index in [9.17, 15) is 5.11 Å². The van der Waals surface area contributed by atoms with Crippen LogP contribution < -0.4 is 5.73 Å². The van der Waals surface area contributed by atoms with Gasteiger partial charge in [0.2, 0.25) is 0 Å². The molecule has 0 amide bonds. The molecule has 1 aliphatic carbocycles. The number of hydrogen-bond donors (Lipinski definition) is 2. The Morgan fingerprint density at radius 1 is 1.38 bits per heavy atom. The molecule has 0 saturated heterocycles. The van der Waals surface area contributed by atoms with Crippen molar-refractivity contribution in [1.82, 2.24) is 4.90 Å². The van der Waals surface area contributed by atoms with Crippen LogP contribution in [-0.4, -0.2) is 29.6 Å². The minimum Gasteiger partial charge on any atom is -0.387 e. The fourth-order valence-corrected chi connectivity index (χ4v) is 1.92. The third-order valence-electron chi connectivity index (χ3n) is 3.23. The van der Waals surface area contributed by atoms with E-state index in [-0.39, 0.29) is 0 Å². The van der Waals surface area contributed by atoms with E-state index in [0.29, 0.717) is 19.1 Å². The van der Waals surface area contributed by atoms with Gasteiger partial charge in [0, 0.05) is 19.1 Å². The first-order chi connectivity index (χ1) is 7.70. The SMILES string of the molecule is CN(CC(O)c1ccc(CN)cc1)C1CC1. The Morgan fingerprint density at radius 3 is 2.50 bits per heavy atom. The predicted octanol–water partition coefficient (Wildman–Crippen LogP) is 1.27. The van der Waals surface area contributed by atoms with Gasteiger partial charge in [-0.2, -0.15) is 0 Å². The topological polar surface area (TPSA) is 49.5 Å². The summed E-state index contributed by atoms with van der Waals surface area (Å²) in [5, 5.41) is 10.1. The summed E-state index contributed by atoms with van der Waals surface area (Å²) in [7, 11) is 2.08. The lowest BCUT2D eigenvalue weighted by atomic mass is 10.1. The molecule has 0 bridgehead atoms. The average molecular weight is 220 g/mol. The van der Waals surface area contributed by atoms with Crippen molar-refractivity contribution in [3.05, 3.63) is 35.4 Å². The van der Waals surface area contributed by atoms with Gasteiger partial charge in [0.05, 0.1) is 6.10 Å². The second-order valence-electron chi connectivity index (χ2n) is 4.63. The summed E-state index contributed by atoms with van der Waals surface area (Å²) in [6.07, 6.45) is 2.16. The molecule has 1 aromatic carbocycles. The Morgan fingerprint density at radius 2 is 2.00 bits per heavy atom. The van der Waals surface area contributed by atoms with Crippen LogP contribution in [0.4, 0.5) is 0 Å². The van der Waals surface area contributed by atoms with Crippen LogP contribution >= 0.6 is 0 Å². The van der Waals surface area contributed by atoms with Gasteiger partial charge in [-0.1, -0.05) is 24.3 Å². The average Bonchev–Trinajstić information content (AvgIpc) is 3.13. The zero-order valence-electron chi connectivity index (χ0n) is 9.76. The maximum Gasteiger partial charge on any atom is 0.0916 e. The molecule has 88 valence electrons. The number of rotatable bonds is 5. The van der Waals surface area contributed by atoms with E-state index in [0.717, 1.165) is 11.1 Å². The van der Waals surface area contributed by atoms with Crippen LogP contribution in [0.3, 0.4) is 0 Å². The number of aliphatic hydroxyl groups is 1. The number of nitrogens with zero attached hydrogens (tertiary/aromatic N) is 1. The lowest BCUT2D eigenvalue weighted by Gasteiger charge is -2.20. The zero-order chi connectivity index (χ0) is 11.5. The molecule has 0 radical (unpaired) electrons. The van der Waals surface area contributed by atoms with Gasteiger partial charge in [0.25, 0.3) is 0 Å². The summed E-state index contributed by atoms with van der Waals surface area (Å²) in [5.41, 5.74) is 7.61. The van der Waals surface area contributed by atoms with Gasteiger partial charge in [-0.05, 0) is 31.0 Å². The number of nitrogens with two attached hydrogens (primary N) is 1. The van der Waals surface area contributed by atoms with Crippen molar-refractivity contribution in [3.63, 3.8) is 0 Å². The van der Waals surface area contributed by atoms with Crippen molar-refractivity contribution < 1.29 is 5.11 Å². The van der Waals surface area contributed by atoms with E-state index < -0.39 is 6.10 Å². The molecular weight excluding hydrogens is 200 g/mol. The second-order valence-corrected chi connectivity index (χ2v) is 4.63. The van der Waals surface area contributed by atoms with Crippen LogP contribution in [0.15, 0.2) is 24.3 Å². The van der Waals surface area contributed by atoms with Gasteiger partial charge >= 0.3 is 0 Å². The van der Waals surface area contributed by atoms with Crippen molar-refractivity contribution in [1.29, 1.82) is 0 Å². The first kappa shape index (κ1) is 11.6. The fourth-order valence-electron chi connectivity index (χ4n) is 1.92. The van der Waals surface area contributed by atoms with E-state index in [1.807, 2.05) is 24.3 Å². The molecule has 1 saturated carbocycles. The van der Waals surface area contributed by atoms with Gasteiger partial charge in [0.1, 0.15) is 0 Å². The van der Waals surface area contributed by atoms with Crippen LogP contribution in [0, 0.1) is 0 Å². The van der Waals surface area contributed by atoms with E-state index >= 15 is 0 Å². The Bertz CT molecular complexity index is 332. The number of hydrogen-bond acceptors (Lipinski definition) is 3. The summed E-state index contributed by atoms with van der Waals surface area (Å²) in [4.78, 5) is 2.24. The first-order valence-corrected chi connectivity index (χ1v) is 5.88. The molecular formula is C13H20N2O. The van der Waals surface area contributed by atoms with Crippen LogP contribution in [0.1, 0.15) is 30.1 Å². The molecule has 1 atom stereocenters. The molecule has 1 fully saturated rings. The highest BCUT2D eigenvalue weighted by Gasteiger charge is 2.27. The van der Waals surface area contributed by atoms with Crippen LogP contribution in [0.5, 0.6) is 0 Å². The summed E-state index contributed by atoms with van der Waals surface area (Å²) in [6.45, 7) is 1.27. The minimum absolute atomic E-state index is 0.391. The summed E-state index contributed by atoms with van der Waals surface area (Å²) in [6, 6.07) is 8.59. The molecule has 0 aromatic heterocycles. The van der Waals surface area contributed by atoms with Crippen molar-refractivity contribution in [2.45, 2.75) is 31.5 Å². The van der Waals surface area contributed by atoms with Crippen molar-refractivity contribution in [3.8, 4) is 0 Å². The Kier molecular flexibility index (Phi) is 3.59. The highest BCUT2D eigenvalue weighted by molar-refractivity contribution is 5.24. The van der Waals surface area contributed by atoms with Gasteiger partial charge in [-0.3, -0.25) is 0 Å². The smallest absolute Gasteiger partial charge is 0.0916 e. The number of likely N-dealkylation sites (N-methyl/N-ethyl adjacent to an activating group) is 1. The van der Waals surface area contributed by atoms with E-state index in [2.05, 4.69) is 11.9 Å². The van der Waals surface area contributed by atoms with E-state index in [1.54, 1.807) is 0 Å². The molecule has 0 spiro atoms. The molecule has 1 aliphatic rings. The lowest BCUT2D eigenvalue weighted by molar-refractivity contribution is 0.123. The fraction of sp³-hybridized carbons (Fsp3) is 0.538. The monoisotopic (exact) mass is 220 g/mol. The lowest BCUT2D eigenvalue weighted by Crippen LogP contribution is -2.26. The van der Waals surface area contributed by atoms with Crippen molar-refractivity contribution in [2.24, 2.45) is 5.73 Å². The van der Waals surface area contributed by atoms with Gasteiger partial charge in [-0.15, -0.1) is 0 Å². The van der Waals surface area contributed by atoms with Crippen molar-refractivity contribution >= 4 is 0 Å². The highest BCUT2D eigenvalue weighted by atomic mass is 16.3. The molecule has 16 heavy (non-hydrogen) atoms. The Hall–Kier alpha value is -0.900. The maximum atomic E-state index is 10.1. The summed E-state index contributed by atoms with van der Waals surface area (Å²) >= 11 is 0. The summed E-state index contributed by atoms with van der Waals surface area (Å²) < 4.78 is 0. The number of aliphatic hydroxyl groups excluding tert-OH is 1. The molecule has 1 aromatic rings. The second kappa shape index (κ2) is 4.95. The molecule has 3 nitrogen and oxygen atoms in total. The maximum absolute atomic E-state index is 10.1. The molecule has 3 heteroatoms. The Labute approximate surface area is 96.9 Å². The van der Waals surface area contributed by atoms with Crippen LogP contribution in [-0.2, 0) is 6.54 Å². The summed E-state index contributed by atoms with van der Waals surface area (Å²) in [5.74, 6) is 0. The molecule has 1 unspecified atom stereocenters. The van der Waals surface area contributed by atoms with E-state index in [4.69, 9.17) is 5.73 Å². The molecule has 0 aliphatic heterocycles. The number of benzene rings is 1. The Balaban J connectivity index is 1.93. The third-order valence-corrected chi connectivity index (χ3v) is 3.23. The van der Waals surface area contributed by atoms with E-state index in [1.165, 1.54) is 12.8 Å². The molecule has 0 heterocycles. The van der Waals surface area contributed by atoms with Gasteiger partial charge < -0.3 is 15.7 Å². The van der Waals surface area contributed by atoms with Crippen LogP contribution in [0.2, 0.25) is 0 Å².